The van der Waals surface area contributed by atoms with Crippen molar-refractivity contribution in [3.8, 4) is 0 Å². The minimum absolute atomic E-state index is 0.0802. The summed E-state index contributed by atoms with van der Waals surface area (Å²) in [6.07, 6.45) is 2.67. The van der Waals surface area contributed by atoms with Gasteiger partial charge in [0.25, 0.3) is 0 Å². The summed E-state index contributed by atoms with van der Waals surface area (Å²) in [5.41, 5.74) is 4.00. The van der Waals surface area contributed by atoms with E-state index in [2.05, 4.69) is 34.6 Å². The van der Waals surface area contributed by atoms with Gasteiger partial charge in [0.15, 0.2) is 10.9 Å². The van der Waals surface area contributed by atoms with Crippen molar-refractivity contribution in [3.63, 3.8) is 0 Å². The number of carbonyl (C=O) groups excluding carboxylic acids is 1. The molecule has 0 fully saturated rings. The summed E-state index contributed by atoms with van der Waals surface area (Å²) in [4.78, 5) is 14.8. The molecule has 0 N–H and O–H groups in total. The topological polar surface area (TPSA) is 47.8 Å². The minimum Gasteiger partial charge on any atom is -0.308 e. The van der Waals surface area contributed by atoms with Crippen LogP contribution in [0, 0.1) is 13.8 Å². The van der Waals surface area contributed by atoms with Crippen LogP contribution < -0.4 is 0 Å². The molecule has 0 aliphatic heterocycles. The molecule has 152 valence electrons. The molecular weight excluding hydrogens is 410 g/mol. The molecule has 0 aliphatic rings. The quantitative estimate of drug-likeness (QED) is 0.256. The van der Waals surface area contributed by atoms with Crippen molar-refractivity contribution in [2.45, 2.75) is 37.2 Å². The lowest BCUT2D eigenvalue weighted by Crippen LogP contribution is -2.12. The molecule has 0 radical (unpaired) electrons. The normalized spacial score (nSPS) is 12.1. The fraction of sp³-hybridized carbons (Fsp3) is 0.208. The van der Waals surface area contributed by atoms with E-state index in [0.29, 0.717) is 5.56 Å². The largest absolute Gasteiger partial charge is 0.308 e. The molecular formula is C24H23N3OS2. The monoisotopic (exact) mass is 433 g/mol. The maximum atomic E-state index is 13.4. The fourth-order valence-electron chi connectivity index (χ4n) is 3.16. The van der Waals surface area contributed by atoms with Gasteiger partial charge in [0.05, 0.1) is 0 Å². The number of thioether (sulfide) groups is 1. The maximum absolute atomic E-state index is 13.4. The van der Waals surface area contributed by atoms with Crippen LogP contribution in [0.1, 0.15) is 37.2 Å². The van der Waals surface area contributed by atoms with Gasteiger partial charge in [-0.15, -0.1) is 21.5 Å². The minimum atomic E-state index is -0.377. The first-order valence-corrected chi connectivity index (χ1v) is 11.6. The molecule has 4 aromatic rings. The van der Waals surface area contributed by atoms with Gasteiger partial charge in [0.2, 0.25) is 0 Å². The molecule has 1 atom stereocenters. The summed E-state index contributed by atoms with van der Waals surface area (Å²) in [7, 11) is 0. The van der Waals surface area contributed by atoms with Crippen molar-refractivity contribution in [1.29, 1.82) is 0 Å². The molecule has 0 spiro atoms. The van der Waals surface area contributed by atoms with E-state index in [1.54, 1.807) is 17.7 Å². The maximum Gasteiger partial charge on any atom is 0.192 e. The molecule has 0 saturated heterocycles. The van der Waals surface area contributed by atoms with Gasteiger partial charge in [0.1, 0.15) is 11.6 Å². The number of aromatic nitrogens is 3. The molecule has 6 heteroatoms. The third kappa shape index (κ3) is 4.89. The molecule has 2 aromatic heterocycles. The highest BCUT2D eigenvalue weighted by Gasteiger charge is 2.25. The number of carbonyl (C=O) groups is 1. The number of hydrogen-bond donors (Lipinski definition) is 0. The summed E-state index contributed by atoms with van der Waals surface area (Å²) in [6.45, 7) is 4.86. The van der Waals surface area contributed by atoms with E-state index in [9.17, 15) is 4.79 Å². The van der Waals surface area contributed by atoms with E-state index in [4.69, 9.17) is 0 Å². The lowest BCUT2D eigenvalue weighted by atomic mass is 10.0. The van der Waals surface area contributed by atoms with E-state index in [1.807, 2.05) is 60.0 Å². The van der Waals surface area contributed by atoms with Gasteiger partial charge >= 0.3 is 0 Å². The predicted octanol–water partition coefficient (Wildman–Crippen LogP) is 5.92. The van der Waals surface area contributed by atoms with E-state index < -0.39 is 0 Å². The zero-order valence-electron chi connectivity index (χ0n) is 17.0. The fourth-order valence-corrected chi connectivity index (χ4v) is 4.98. The molecule has 30 heavy (non-hydrogen) atoms. The smallest absolute Gasteiger partial charge is 0.192 e. The van der Waals surface area contributed by atoms with Crippen molar-refractivity contribution < 1.29 is 4.79 Å². The summed E-state index contributed by atoms with van der Waals surface area (Å²) in [5.74, 6) is 0.0802. The Bertz CT molecular complexity index is 1100. The zero-order chi connectivity index (χ0) is 20.9. The first-order valence-electron chi connectivity index (χ1n) is 9.84. The summed E-state index contributed by atoms with van der Waals surface area (Å²) in [5, 5.41) is 10.9. The van der Waals surface area contributed by atoms with Crippen LogP contribution in [-0.2, 0) is 13.0 Å². The van der Waals surface area contributed by atoms with E-state index in [-0.39, 0.29) is 11.0 Å². The van der Waals surface area contributed by atoms with Crippen LogP contribution in [0.25, 0.3) is 0 Å². The third-order valence-corrected chi connectivity index (χ3v) is 7.12. The van der Waals surface area contributed by atoms with Gasteiger partial charge in [-0.1, -0.05) is 77.5 Å². The molecule has 2 heterocycles. The Morgan fingerprint density at radius 2 is 1.73 bits per heavy atom. The average molecular weight is 434 g/mol. The first kappa shape index (κ1) is 20.6. The average Bonchev–Trinajstić information content (AvgIpc) is 3.43. The lowest BCUT2D eigenvalue weighted by Gasteiger charge is -2.17. The van der Waals surface area contributed by atoms with Crippen LogP contribution in [0.15, 0.2) is 77.5 Å². The molecule has 1 unspecified atom stereocenters. The van der Waals surface area contributed by atoms with Gasteiger partial charge in [-0.25, -0.2) is 0 Å². The summed E-state index contributed by atoms with van der Waals surface area (Å²) < 4.78 is 2.04. The Morgan fingerprint density at radius 1 is 1.03 bits per heavy atom. The van der Waals surface area contributed by atoms with Crippen LogP contribution in [-0.4, -0.2) is 20.5 Å². The second-order valence-corrected chi connectivity index (χ2v) is 9.38. The second-order valence-electron chi connectivity index (χ2n) is 7.28. The highest BCUT2D eigenvalue weighted by Crippen LogP contribution is 2.37. The van der Waals surface area contributed by atoms with E-state index in [0.717, 1.165) is 29.2 Å². The first-order chi connectivity index (χ1) is 14.6. The van der Waals surface area contributed by atoms with Gasteiger partial charge in [-0.2, -0.15) is 0 Å². The number of Topliss-reactive ketones (excluding diaryl/α,β-unsaturated/α-hetero) is 1. The zero-order valence-corrected chi connectivity index (χ0v) is 18.6. The van der Waals surface area contributed by atoms with Crippen molar-refractivity contribution in [3.05, 3.63) is 99.5 Å². The van der Waals surface area contributed by atoms with Crippen molar-refractivity contribution in [2.75, 3.05) is 0 Å². The Balaban J connectivity index is 1.60. The summed E-state index contributed by atoms with van der Waals surface area (Å²) in [6, 6.07) is 20.1. The van der Waals surface area contributed by atoms with Crippen LogP contribution in [0.3, 0.4) is 0 Å². The molecule has 0 aliphatic carbocycles. The Labute approximate surface area is 185 Å². The number of aryl methyl sites for hydroxylation is 4. The third-order valence-electron chi connectivity index (χ3n) is 4.94. The molecule has 0 bridgehead atoms. The number of hydrogen-bond acceptors (Lipinski definition) is 5. The van der Waals surface area contributed by atoms with Crippen LogP contribution in [0.5, 0.6) is 0 Å². The van der Waals surface area contributed by atoms with Crippen molar-refractivity contribution in [1.82, 2.24) is 14.8 Å². The van der Waals surface area contributed by atoms with E-state index in [1.165, 1.54) is 22.2 Å². The van der Waals surface area contributed by atoms with Crippen LogP contribution in [0.2, 0.25) is 0 Å². The van der Waals surface area contributed by atoms with Gasteiger partial charge in [-0.3, -0.25) is 4.79 Å². The van der Waals surface area contributed by atoms with Crippen LogP contribution >= 0.6 is 23.1 Å². The Morgan fingerprint density at radius 3 is 2.40 bits per heavy atom. The highest BCUT2D eigenvalue weighted by molar-refractivity contribution is 8.00. The Hall–Kier alpha value is -2.70. The number of ketones is 1. The second kappa shape index (κ2) is 9.41. The van der Waals surface area contributed by atoms with Crippen LogP contribution in [0.4, 0.5) is 0 Å². The predicted molar refractivity (Wildman–Crippen MR) is 123 cm³/mol. The van der Waals surface area contributed by atoms with Gasteiger partial charge in [-0.05, 0) is 37.3 Å². The SMILES string of the molecule is Cc1ccc(C(=O)C(Sc2nncn2CCc2cccs2)c2ccc(C)cc2)cc1. The number of thiophene rings is 1. The van der Waals surface area contributed by atoms with Crippen molar-refractivity contribution in [2.24, 2.45) is 0 Å². The molecule has 2 aromatic carbocycles. The molecule has 4 rings (SSSR count). The lowest BCUT2D eigenvalue weighted by molar-refractivity contribution is 0.0989. The summed E-state index contributed by atoms with van der Waals surface area (Å²) >= 11 is 3.22. The number of nitrogens with zero attached hydrogens (tertiary/aromatic N) is 3. The van der Waals surface area contributed by atoms with Gasteiger partial charge < -0.3 is 4.57 Å². The number of rotatable bonds is 8. The Kier molecular flexibility index (Phi) is 6.45. The molecule has 0 amide bonds. The standard InChI is InChI=1S/C24H23N3OS2/c1-17-5-9-19(10-6-17)22(28)23(20-11-7-18(2)8-12-20)30-24-26-25-16-27(24)14-13-21-4-3-15-29-21/h3-12,15-16,23H,13-14H2,1-2H3. The molecule has 4 nitrogen and oxygen atoms in total. The number of benzene rings is 2. The molecule has 0 saturated carbocycles. The highest BCUT2D eigenvalue weighted by atomic mass is 32.2. The van der Waals surface area contributed by atoms with E-state index >= 15 is 0 Å². The van der Waals surface area contributed by atoms with Crippen molar-refractivity contribution >= 4 is 28.9 Å². The van der Waals surface area contributed by atoms with Gasteiger partial charge in [0, 0.05) is 17.0 Å².